The molecule has 2 bridgehead atoms. The molecule has 0 amide bonds. The second-order valence-corrected chi connectivity index (χ2v) is 9.64. The van der Waals surface area contributed by atoms with Crippen LogP contribution in [-0.2, 0) is 9.84 Å². The molecule has 0 radical (unpaired) electrons. The summed E-state index contributed by atoms with van der Waals surface area (Å²) in [5.74, 6) is 0. The van der Waals surface area contributed by atoms with Crippen molar-refractivity contribution in [3.8, 4) is 10.4 Å². The topological polar surface area (TPSA) is 34.1 Å². The first-order valence-corrected chi connectivity index (χ1v) is 10.2. The maximum Gasteiger partial charge on any atom is 0.159 e. The third-order valence-corrected chi connectivity index (χ3v) is 8.47. The molecule has 2 nitrogen and oxygen atoms in total. The van der Waals surface area contributed by atoms with E-state index < -0.39 is 9.84 Å². The van der Waals surface area contributed by atoms with Gasteiger partial charge < -0.3 is 0 Å². The molecule has 0 aliphatic carbocycles. The summed E-state index contributed by atoms with van der Waals surface area (Å²) in [6.45, 7) is 0. The van der Waals surface area contributed by atoms with E-state index in [2.05, 4.69) is 24.3 Å². The molecule has 2 aliphatic rings. The predicted octanol–water partition coefficient (Wildman–Crippen LogP) is 4.54. The van der Waals surface area contributed by atoms with Gasteiger partial charge in [-0.05, 0) is 42.5 Å². The lowest BCUT2D eigenvalue weighted by Gasteiger charge is -2.33. The lowest BCUT2D eigenvalue weighted by Crippen LogP contribution is -2.38. The number of hydrogen-bond donors (Lipinski definition) is 0. The van der Waals surface area contributed by atoms with Gasteiger partial charge in [0, 0.05) is 9.75 Å². The second-order valence-electron chi connectivity index (χ2n) is 6.11. The fourth-order valence-electron chi connectivity index (χ4n) is 3.51. The van der Waals surface area contributed by atoms with Crippen LogP contribution in [0.4, 0.5) is 0 Å². The highest BCUT2D eigenvalue weighted by Gasteiger charge is 2.40. The monoisotopic (exact) mass is 330 g/mol. The zero-order valence-electron chi connectivity index (χ0n) is 12.2. The van der Waals surface area contributed by atoms with E-state index >= 15 is 0 Å². The van der Waals surface area contributed by atoms with Crippen LogP contribution in [0.1, 0.15) is 30.6 Å². The van der Waals surface area contributed by atoms with E-state index in [4.69, 9.17) is 0 Å². The van der Waals surface area contributed by atoms with Crippen LogP contribution in [0.25, 0.3) is 16.0 Å². The van der Waals surface area contributed by atoms with Gasteiger partial charge in [0.2, 0.25) is 0 Å². The molecule has 114 valence electrons. The van der Waals surface area contributed by atoms with Gasteiger partial charge in [0.25, 0.3) is 0 Å². The third kappa shape index (κ3) is 2.34. The van der Waals surface area contributed by atoms with Crippen LogP contribution in [0.5, 0.6) is 0 Å². The Morgan fingerprint density at radius 1 is 0.955 bits per heavy atom. The zero-order chi connectivity index (χ0) is 15.2. The minimum Gasteiger partial charge on any atom is -0.228 e. The summed E-state index contributed by atoms with van der Waals surface area (Å²) in [4.78, 5) is 2.47. The highest BCUT2D eigenvalue weighted by Crippen LogP contribution is 2.42. The molecule has 1 fully saturated rings. The fraction of sp³-hybridized carbons (Fsp3) is 0.333. The molecule has 1 aromatic carbocycles. The average Bonchev–Trinajstić information content (AvgIpc) is 2.97. The van der Waals surface area contributed by atoms with Crippen molar-refractivity contribution < 1.29 is 8.42 Å². The van der Waals surface area contributed by atoms with Gasteiger partial charge in [-0.25, -0.2) is 8.42 Å². The lowest BCUT2D eigenvalue weighted by molar-refractivity contribution is 0.518. The van der Waals surface area contributed by atoms with Crippen LogP contribution in [0.2, 0.25) is 0 Å². The predicted molar refractivity (Wildman–Crippen MR) is 92.7 cm³/mol. The van der Waals surface area contributed by atoms with E-state index in [1.807, 2.05) is 24.3 Å². The first-order chi connectivity index (χ1) is 10.6. The molecule has 1 aromatic heterocycles. The van der Waals surface area contributed by atoms with E-state index in [9.17, 15) is 8.42 Å². The molecule has 2 aliphatic heterocycles. The minimum absolute atomic E-state index is 0.159. The normalized spacial score (nSPS) is 26.5. The van der Waals surface area contributed by atoms with Gasteiger partial charge in [0.15, 0.2) is 9.84 Å². The van der Waals surface area contributed by atoms with Crippen molar-refractivity contribution in [2.24, 2.45) is 0 Å². The van der Waals surface area contributed by atoms with E-state index in [0.717, 1.165) is 19.3 Å². The molecule has 1 saturated heterocycles. The summed E-state index contributed by atoms with van der Waals surface area (Å²) in [6, 6.07) is 14.6. The van der Waals surface area contributed by atoms with Gasteiger partial charge >= 0.3 is 0 Å². The third-order valence-electron chi connectivity index (χ3n) is 4.72. The number of rotatable bonds is 2. The van der Waals surface area contributed by atoms with Gasteiger partial charge in [0.05, 0.1) is 10.5 Å². The highest BCUT2D eigenvalue weighted by atomic mass is 32.2. The van der Waals surface area contributed by atoms with Crippen LogP contribution >= 0.6 is 11.3 Å². The van der Waals surface area contributed by atoms with E-state index in [1.165, 1.54) is 20.9 Å². The average molecular weight is 330 g/mol. The quantitative estimate of drug-likeness (QED) is 0.810. The Labute approximate surface area is 135 Å². The van der Waals surface area contributed by atoms with Crippen molar-refractivity contribution in [2.45, 2.75) is 36.2 Å². The van der Waals surface area contributed by atoms with Crippen molar-refractivity contribution in [3.05, 3.63) is 53.4 Å². The van der Waals surface area contributed by atoms with Crippen LogP contribution in [0.3, 0.4) is 0 Å². The number of fused-ring (bicyclic) bond motifs is 2. The summed E-state index contributed by atoms with van der Waals surface area (Å²) in [5.41, 5.74) is 2.46. The summed E-state index contributed by atoms with van der Waals surface area (Å²) in [7, 11) is -2.92. The highest BCUT2D eigenvalue weighted by molar-refractivity contribution is 7.93. The Morgan fingerprint density at radius 2 is 1.73 bits per heavy atom. The van der Waals surface area contributed by atoms with Crippen molar-refractivity contribution >= 4 is 26.7 Å². The SMILES string of the molecule is O=S1(=O)C2C=C(c3ccc(-c4ccccc4)s3)CC1CCC2. The first-order valence-electron chi connectivity index (χ1n) is 7.73. The Kier molecular flexibility index (Phi) is 3.46. The van der Waals surface area contributed by atoms with Crippen LogP contribution < -0.4 is 0 Å². The minimum atomic E-state index is -2.92. The van der Waals surface area contributed by atoms with Gasteiger partial charge in [-0.1, -0.05) is 42.8 Å². The van der Waals surface area contributed by atoms with Crippen molar-refractivity contribution in [1.29, 1.82) is 0 Å². The molecular weight excluding hydrogens is 312 g/mol. The number of thiophene rings is 1. The van der Waals surface area contributed by atoms with Gasteiger partial charge in [-0.2, -0.15) is 0 Å². The van der Waals surface area contributed by atoms with Crippen LogP contribution in [0, 0.1) is 0 Å². The van der Waals surface area contributed by atoms with Crippen LogP contribution in [-0.4, -0.2) is 18.9 Å². The summed E-state index contributed by atoms with van der Waals surface area (Å²) >= 11 is 1.77. The van der Waals surface area contributed by atoms with Crippen LogP contribution in [0.15, 0.2) is 48.5 Å². The van der Waals surface area contributed by atoms with Crippen molar-refractivity contribution in [3.63, 3.8) is 0 Å². The maximum atomic E-state index is 12.4. The second kappa shape index (κ2) is 5.36. The molecule has 3 heterocycles. The molecule has 0 spiro atoms. The summed E-state index contributed by atoms with van der Waals surface area (Å²) in [5, 5.41) is -0.411. The molecule has 4 rings (SSSR count). The van der Waals surface area contributed by atoms with E-state index in [-0.39, 0.29) is 10.5 Å². The van der Waals surface area contributed by atoms with Gasteiger partial charge in [-0.3, -0.25) is 0 Å². The fourth-order valence-corrected chi connectivity index (χ4v) is 6.80. The Morgan fingerprint density at radius 3 is 2.50 bits per heavy atom. The number of allylic oxidation sites excluding steroid dienone is 1. The molecule has 4 heteroatoms. The van der Waals surface area contributed by atoms with Gasteiger partial charge in [0.1, 0.15) is 0 Å². The standard InChI is InChI=1S/C18H18O2S2/c19-22(20)15-7-4-8-16(22)12-14(11-15)18-10-9-17(21-18)13-5-2-1-3-6-13/h1-3,5-6,9-11,15-16H,4,7-8,12H2. The largest absolute Gasteiger partial charge is 0.228 e. The molecular formula is C18H18O2S2. The first kappa shape index (κ1) is 14.2. The van der Waals surface area contributed by atoms with E-state index in [1.54, 1.807) is 11.3 Å². The molecule has 2 atom stereocenters. The van der Waals surface area contributed by atoms with Crippen molar-refractivity contribution in [2.75, 3.05) is 0 Å². The maximum absolute atomic E-state index is 12.4. The zero-order valence-corrected chi connectivity index (χ0v) is 13.9. The van der Waals surface area contributed by atoms with E-state index in [0.29, 0.717) is 6.42 Å². The summed E-state index contributed by atoms with van der Waals surface area (Å²) in [6.07, 6.45) is 5.36. The number of benzene rings is 1. The Bertz CT molecular complexity index is 816. The Hall–Kier alpha value is -1.39. The summed E-state index contributed by atoms with van der Waals surface area (Å²) < 4.78 is 24.7. The smallest absolute Gasteiger partial charge is 0.159 e. The molecule has 0 N–H and O–H groups in total. The number of hydrogen-bond acceptors (Lipinski definition) is 3. The van der Waals surface area contributed by atoms with Crippen molar-refractivity contribution in [1.82, 2.24) is 0 Å². The lowest BCUT2D eigenvalue weighted by atomic mass is 9.97. The molecule has 2 aromatic rings. The number of sulfone groups is 1. The van der Waals surface area contributed by atoms with Gasteiger partial charge in [-0.15, -0.1) is 11.3 Å². The Balaban J connectivity index is 1.69. The molecule has 22 heavy (non-hydrogen) atoms. The molecule has 2 unspecified atom stereocenters. The molecule has 0 saturated carbocycles.